The third-order valence-corrected chi connectivity index (χ3v) is 6.36. The Labute approximate surface area is 163 Å². The summed E-state index contributed by atoms with van der Waals surface area (Å²) in [6.45, 7) is 0.852. The summed E-state index contributed by atoms with van der Waals surface area (Å²) in [5.74, 6) is 0.664. The molecule has 0 unspecified atom stereocenters. The van der Waals surface area contributed by atoms with Crippen molar-refractivity contribution in [3.8, 4) is 0 Å². The molecule has 9 heteroatoms. The van der Waals surface area contributed by atoms with E-state index in [2.05, 4.69) is 14.9 Å². The molecule has 146 valence electrons. The number of hydrogen-bond acceptors (Lipinski definition) is 5. The van der Waals surface area contributed by atoms with E-state index in [0.29, 0.717) is 13.1 Å². The highest BCUT2D eigenvalue weighted by atomic mass is 32.2. The highest BCUT2D eigenvalue weighted by Gasteiger charge is 2.28. The predicted molar refractivity (Wildman–Crippen MR) is 103 cm³/mol. The van der Waals surface area contributed by atoms with Gasteiger partial charge < -0.3 is 4.90 Å². The summed E-state index contributed by atoms with van der Waals surface area (Å²) in [6.07, 6.45) is 3.66. The minimum absolute atomic E-state index is 0.0702. The lowest BCUT2D eigenvalue weighted by atomic mass is 9.97. The highest BCUT2D eigenvalue weighted by molar-refractivity contribution is 7.89. The molecule has 1 aliphatic rings. The van der Waals surface area contributed by atoms with E-state index >= 15 is 0 Å². The number of amides is 1. The zero-order chi connectivity index (χ0) is 19.6. The SMILES string of the molecule is O=C(CNS(=O)(=O)c1ccccc1)N1CCC[C@H](c2nnc3ccccn23)C1. The number of carbonyl (C=O) groups is 1. The summed E-state index contributed by atoms with van der Waals surface area (Å²) < 4.78 is 29.0. The number of piperidine rings is 1. The van der Waals surface area contributed by atoms with Crippen molar-refractivity contribution < 1.29 is 13.2 Å². The summed E-state index contributed by atoms with van der Waals surface area (Å²) in [7, 11) is -3.70. The molecule has 1 saturated heterocycles. The molecular weight excluding hydrogens is 378 g/mol. The molecule has 0 aliphatic carbocycles. The smallest absolute Gasteiger partial charge is 0.241 e. The second-order valence-corrected chi connectivity index (χ2v) is 8.57. The number of aromatic nitrogens is 3. The van der Waals surface area contributed by atoms with Crippen LogP contribution < -0.4 is 4.72 Å². The van der Waals surface area contributed by atoms with Gasteiger partial charge in [-0.2, -0.15) is 0 Å². The Hall–Kier alpha value is -2.78. The van der Waals surface area contributed by atoms with Crippen molar-refractivity contribution in [1.82, 2.24) is 24.2 Å². The van der Waals surface area contributed by atoms with Crippen LogP contribution in [0, 0.1) is 0 Å². The van der Waals surface area contributed by atoms with Crippen LogP contribution in [-0.2, 0) is 14.8 Å². The molecular formula is C19H21N5O3S. The molecule has 1 atom stereocenters. The van der Waals surface area contributed by atoms with Crippen LogP contribution in [0.15, 0.2) is 59.6 Å². The number of rotatable bonds is 5. The first kappa shape index (κ1) is 18.6. The van der Waals surface area contributed by atoms with E-state index in [-0.39, 0.29) is 23.3 Å². The topological polar surface area (TPSA) is 96.7 Å². The van der Waals surface area contributed by atoms with Crippen LogP contribution in [0.1, 0.15) is 24.6 Å². The summed E-state index contributed by atoms with van der Waals surface area (Å²) in [4.78, 5) is 14.5. The number of hydrogen-bond donors (Lipinski definition) is 1. The second kappa shape index (κ2) is 7.69. The van der Waals surface area contributed by atoms with Crippen LogP contribution in [0.2, 0.25) is 0 Å². The number of fused-ring (bicyclic) bond motifs is 1. The largest absolute Gasteiger partial charge is 0.341 e. The molecule has 0 spiro atoms. The Bertz CT molecular complexity index is 1080. The molecule has 3 aromatic rings. The third kappa shape index (κ3) is 3.76. The van der Waals surface area contributed by atoms with Gasteiger partial charge in [0.2, 0.25) is 15.9 Å². The molecule has 8 nitrogen and oxygen atoms in total. The lowest BCUT2D eigenvalue weighted by Gasteiger charge is -2.32. The molecule has 28 heavy (non-hydrogen) atoms. The highest BCUT2D eigenvalue weighted by Crippen LogP contribution is 2.26. The van der Waals surface area contributed by atoms with Gasteiger partial charge in [-0.15, -0.1) is 10.2 Å². The second-order valence-electron chi connectivity index (χ2n) is 6.80. The Morgan fingerprint density at radius 3 is 2.71 bits per heavy atom. The van der Waals surface area contributed by atoms with Gasteiger partial charge in [0, 0.05) is 25.2 Å². The normalized spacial score (nSPS) is 17.7. The monoisotopic (exact) mass is 399 g/mol. The fraction of sp³-hybridized carbons (Fsp3) is 0.316. The van der Waals surface area contributed by atoms with Gasteiger partial charge in [0.05, 0.1) is 11.4 Å². The van der Waals surface area contributed by atoms with Gasteiger partial charge in [0.15, 0.2) is 5.65 Å². The van der Waals surface area contributed by atoms with E-state index in [1.807, 2.05) is 28.8 Å². The average molecular weight is 399 g/mol. The van der Waals surface area contributed by atoms with E-state index in [9.17, 15) is 13.2 Å². The number of likely N-dealkylation sites (tertiary alicyclic amines) is 1. The summed E-state index contributed by atoms with van der Waals surface area (Å²) in [5.41, 5.74) is 0.775. The zero-order valence-electron chi connectivity index (χ0n) is 15.2. The fourth-order valence-electron chi connectivity index (χ4n) is 3.50. The molecule has 0 bridgehead atoms. The molecule has 4 rings (SSSR count). The molecule has 1 N–H and O–H groups in total. The first-order valence-electron chi connectivity index (χ1n) is 9.17. The van der Waals surface area contributed by atoms with Crippen molar-refractivity contribution in [3.05, 3.63) is 60.6 Å². The van der Waals surface area contributed by atoms with Crippen molar-refractivity contribution in [1.29, 1.82) is 0 Å². The van der Waals surface area contributed by atoms with Crippen molar-refractivity contribution in [2.24, 2.45) is 0 Å². The Balaban J connectivity index is 1.42. The van der Waals surface area contributed by atoms with Gasteiger partial charge in [0.25, 0.3) is 0 Å². The lowest BCUT2D eigenvalue weighted by molar-refractivity contribution is -0.131. The standard InChI is InChI=1S/C19H21N5O3S/c25-18(13-20-28(26,27)16-8-2-1-3-9-16)23-11-6-7-15(14-23)19-22-21-17-10-4-5-12-24(17)19/h1-5,8-10,12,15,20H,6-7,11,13-14H2/t15-/m0/s1. The Kier molecular flexibility index (Phi) is 5.10. The number of carbonyl (C=O) groups excluding carboxylic acids is 1. The van der Waals surface area contributed by atoms with Gasteiger partial charge in [-0.1, -0.05) is 24.3 Å². The van der Waals surface area contributed by atoms with Crippen LogP contribution in [0.25, 0.3) is 5.65 Å². The van der Waals surface area contributed by atoms with Crippen molar-refractivity contribution in [3.63, 3.8) is 0 Å². The summed E-state index contributed by atoms with van der Waals surface area (Å²) in [6, 6.07) is 13.8. The van der Waals surface area contributed by atoms with E-state index in [4.69, 9.17) is 0 Å². The molecule has 1 aliphatic heterocycles. The van der Waals surface area contributed by atoms with E-state index in [1.165, 1.54) is 12.1 Å². The maximum atomic E-state index is 12.6. The Morgan fingerprint density at radius 2 is 1.89 bits per heavy atom. The van der Waals surface area contributed by atoms with E-state index < -0.39 is 10.0 Å². The minimum atomic E-state index is -3.70. The van der Waals surface area contributed by atoms with Gasteiger partial charge in [-0.05, 0) is 37.1 Å². The van der Waals surface area contributed by atoms with Gasteiger partial charge in [0.1, 0.15) is 5.82 Å². The molecule has 0 radical (unpaired) electrons. The van der Waals surface area contributed by atoms with Crippen molar-refractivity contribution >= 4 is 21.6 Å². The van der Waals surface area contributed by atoms with Crippen molar-refractivity contribution in [2.45, 2.75) is 23.7 Å². The average Bonchev–Trinajstić information content (AvgIpc) is 3.17. The summed E-state index contributed by atoms with van der Waals surface area (Å²) >= 11 is 0. The molecule has 2 aromatic heterocycles. The number of pyridine rings is 1. The predicted octanol–water partition coefficient (Wildman–Crippen LogP) is 1.41. The van der Waals surface area contributed by atoms with Gasteiger partial charge >= 0.3 is 0 Å². The molecule has 3 heterocycles. The maximum Gasteiger partial charge on any atom is 0.241 e. The maximum absolute atomic E-state index is 12.6. The van der Waals surface area contributed by atoms with Crippen LogP contribution in [0.4, 0.5) is 0 Å². The molecule has 0 saturated carbocycles. The van der Waals surface area contributed by atoms with Crippen LogP contribution in [0.3, 0.4) is 0 Å². The van der Waals surface area contributed by atoms with Crippen LogP contribution in [0.5, 0.6) is 0 Å². The quantitative estimate of drug-likeness (QED) is 0.700. The fourth-order valence-corrected chi connectivity index (χ4v) is 4.50. The third-order valence-electron chi connectivity index (χ3n) is 4.95. The number of nitrogens with zero attached hydrogens (tertiary/aromatic N) is 4. The van der Waals surface area contributed by atoms with E-state index in [1.54, 1.807) is 23.1 Å². The number of nitrogens with one attached hydrogen (secondary N) is 1. The van der Waals surface area contributed by atoms with Crippen LogP contribution in [-0.4, -0.2) is 53.5 Å². The first-order valence-corrected chi connectivity index (χ1v) is 10.6. The molecule has 1 amide bonds. The van der Waals surface area contributed by atoms with Gasteiger partial charge in [-0.25, -0.2) is 13.1 Å². The molecule has 1 aromatic carbocycles. The number of sulfonamides is 1. The van der Waals surface area contributed by atoms with Gasteiger partial charge in [-0.3, -0.25) is 9.20 Å². The number of benzene rings is 1. The van der Waals surface area contributed by atoms with Crippen LogP contribution >= 0.6 is 0 Å². The minimum Gasteiger partial charge on any atom is -0.341 e. The first-order chi connectivity index (χ1) is 13.5. The Morgan fingerprint density at radius 1 is 1.11 bits per heavy atom. The molecule has 1 fully saturated rings. The van der Waals surface area contributed by atoms with E-state index in [0.717, 1.165) is 24.3 Å². The lowest BCUT2D eigenvalue weighted by Crippen LogP contribution is -2.44. The zero-order valence-corrected chi connectivity index (χ0v) is 16.0. The van der Waals surface area contributed by atoms with Crippen molar-refractivity contribution in [2.75, 3.05) is 19.6 Å². The summed E-state index contributed by atoms with van der Waals surface area (Å²) in [5, 5.41) is 8.48.